The maximum atomic E-state index is 12.3. The van der Waals surface area contributed by atoms with Crippen LogP contribution in [0.3, 0.4) is 0 Å². The lowest BCUT2D eigenvalue weighted by Crippen LogP contribution is -2.48. The lowest BCUT2D eigenvalue weighted by atomic mass is 9.86. The molecule has 2 rings (SSSR count). The highest BCUT2D eigenvalue weighted by Crippen LogP contribution is 2.23. The standard InChI is InChI=1S/C16H30N2O2/c1-13-7-4-5-9-15(13)17-16(20)11-18-10-6-2-3-8-14(18)12-19/h13-15,19H,2-12H2,1H3,(H,17,20). The summed E-state index contributed by atoms with van der Waals surface area (Å²) in [5, 5.41) is 12.7. The van der Waals surface area contributed by atoms with Crippen molar-refractivity contribution in [2.24, 2.45) is 5.92 Å². The van der Waals surface area contributed by atoms with Gasteiger partial charge in [0.25, 0.3) is 0 Å². The predicted octanol–water partition coefficient (Wildman–Crippen LogP) is 1.92. The van der Waals surface area contributed by atoms with Gasteiger partial charge in [-0.15, -0.1) is 0 Å². The number of aliphatic hydroxyl groups is 1. The molecular weight excluding hydrogens is 252 g/mol. The summed E-state index contributed by atoms with van der Waals surface area (Å²) in [5.41, 5.74) is 0. The van der Waals surface area contributed by atoms with Crippen LogP contribution in [0.15, 0.2) is 0 Å². The molecule has 3 atom stereocenters. The van der Waals surface area contributed by atoms with Crippen LogP contribution in [0.25, 0.3) is 0 Å². The minimum absolute atomic E-state index is 0.143. The first kappa shape index (κ1) is 15.8. The molecule has 1 heterocycles. The molecule has 0 bridgehead atoms. The third-order valence-corrected chi connectivity index (χ3v) is 5.01. The van der Waals surface area contributed by atoms with E-state index >= 15 is 0 Å². The highest BCUT2D eigenvalue weighted by molar-refractivity contribution is 5.78. The van der Waals surface area contributed by atoms with E-state index in [9.17, 15) is 9.90 Å². The van der Waals surface area contributed by atoms with Crippen LogP contribution in [-0.2, 0) is 4.79 Å². The minimum Gasteiger partial charge on any atom is -0.395 e. The van der Waals surface area contributed by atoms with Crippen molar-refractivity contribution >= 4 is 5.91 Å². The van der Waals surface area contributed by atoms with Crippen molar-refractivity contribution in [3.8, 4) is 0 Å². The molecule has 0 spiro atoms. The molecule has 3 unspecified atom stereocenters. The number of hydrogen-bond acceptors (Lipinski definition) is 3. The average Bonchev–Trinajstić information content (AvgIpc) is 2.66. The largest absolute Gasteiger partial charge is 0.395 e. The Morgan fingerprint density at radius 2 is 1.90 bits per heavy atom. The van der Waals surface area contributed by atoms with Gasteiger partial charge in [-0.1, -0.05) is 32.6 Å². The number of nitrogens with one attached hydrogen (secondary N) is 1. The maximum absolute atomic E-state index is 12.3. The van der Waals surface area contributed by atoms with Crippen LogP contribution in [0.5, 0.6) is 0 Å². The van der Waals surface area contributed by atoms with Crippen LogP contribution in [0, 0.1) is 5.92 Å². The van der Waals surface area contributed by atoms with Crippen LogP contribution >= 0.6 is 0 Å². The van der Waals surface area contributed by atoms with Gasteiger partial charge in [0.1, 0.15) is 0 Å². The SMILES string of the molecule is CC1CCCCC1NC(=O)CN1CCCCCC1CO. The second-order valence-electron chi connectivity index (χ2n) is 6.59. The number of hydrogen-bond donors (Lipinski definition) is 2. The molecule has 1 saturated heterocycles. The Morgan fingerprint density at radius 3 is 2.65 bits per heavy atom. The van der Waals surface area contributed by atoms with Crippen LogP contribution < -0.4 is 5.32 Å². The number of aliphatic hydroxyl groups excluding tert-OH is 1. The molecule has 2 N–H and O–H groups in total. The first-order valence-corrected chi connectivity index (χ1v) is 8.35. The fourth-order valence-electron chi connectivity index (χ4n) is 3.62. The van der Waals surface area contributed by atoms with Gasteiger partial charge in [0.15, 0.2) is 0 Å². The van der Waals surface area contributed by atoms with Crippen LogP contribution in [0.4, 0.5) is 0 Å². The zero-order valence-corrected chi connectivity index (χ0v) is 12.8. The van der Waals surface area contributed by atoms with Crippen molar-refractivity contribution in [3.63, 3.8) is 0 Å². The second kappa shape index (κ2) is 7.99. The zero-order valence-electron chi connectivity index (χ0n) is 12.8. The number of carbonyl (C=O) groups excluding carboxylic acids is 1. The fraction of sp³-hybridized carbons (Fsp3) is 0.938. The normalized spacial score (nSPS) is 32.6. The maximum Gasteiger partial charge on any atom is 0.234 e. The molecule has 0 aromatic heterocycles. The summed E-state index contributed by atoms with van der Waals surface area (Å²) in [6, 6.07) is 0.530. The van der Waals surface area contributed by atoms with E-state index in [-0.39, 0.29) is 18.6 Å². The third kappa shape index (κ3) is 4.45. The van der Waals surface area contributed by atoms with Gasteiger partial charge in [0.2, 0.25) is 5.91 Å². The summed E-state index contributed by atoms with van der Waals surface area (Å²) in [4.78, 5) is 14.4. The number of carbonyl (C=O) groups is 1. The van der Waals surface area contributed by atoms with E-state index in [2.05, 4.69) is 17.1 Å². The number of nitrogens with zero attached hydrogens (tertiary/aromatic N) is 1. The lowest BCUT2D eigenvalue weighted by molar-refractivity contribution is -0.124. The molecule has 4 heteroatoms. The minimum atomic E-state index is 0.143. The summed E-state index contributed by atoms with van der Waals surface area (Å²) in [5.74, 6) is 0.745. The topological polar surface area (TPSA) is 52.6 Å². The Hall–Kier alpha value is -0.610. The molecule has 0 aromatic carbocycles. The number of likely N-dealkylation sites (tertiary alicyclic amines) is 1. The molecule has 0 aromatic rings. The first-order chi connectivity index (χ1) is 9.70. The van der Waals surface area contributed by atoms with Crippen LogP contribution in [0.1, 0.15) is 58.3 Å². The summed E-state index contributed by atoms with van der Waals surface area (Å²) in [6.07, 6.45) is 9.43. The van der Waals surface area contributed by atoms with Gasteiger partial charge >= 0.3 is 0 Å². The van der Waals surface area contributed by atoms with Gasteiger partial charge in [-0.05, 0) is 38.1 Å². The highest BCUT2D eigenvalue weighted by atomic mass is 16.3. The van der Waals surface area contributed by atoms with Crippen molar-refractivity contribution in [2.75, 3.05) is 19.7 Å². The van der Waals surface area contributed by atoms with Crippen molar-refractivity contribution in [1.29, 1.82) is 0 Å². The quantitative estimate of drug-likeness (QED) is 0.828. The average molecular weight is 282 g/mol. The Balaban J connectivity index is 1.82. The molecule has 1 amide bonds. The molecule has 1 saturated carbocycles. The zero-order chi connectivity index (χ0) is 14.4. The van der Waals surface area contributed by atoms with E-state index in [0.29, 0.717) is 18.5 Å². The third-order valence-electron chi connectivity index (χ3n) is 5.01. The predicted molar refractivity (Wildman–Crippen MR) is 80.5 cm³/mol. The van der Waals surface area contributed by atoms with Gasteiger partial charge in [0, 0.05) is 12.1 Å². The van der Waals surface area contributed by atoms with Crippen LogP contribution in [0.2, 0.25) is 0 Å². The summed E-state index contributed by atoms with van der Waals surface area (Å²) in [6.45, 7) is 3.81. The first-order valence-electron chi connectivity index (χ1n) is 8.35. The van der Waals surface area contributed by atoms with Crippen molar-refractivity contribution in [2.45, 2.75) is 70.4 Å². The molecule has 4 nitrogen and oxygen atoms in total. The Labute approximate surface area is 122 Å². The molecule has 1 aliphatic heterocycles. The van der Waals surface area contributed by atoms with Gasteiger partial charge in [-0.3, -0.25) is 9.69 Å². The molecule has 116 valence electrons. The molecule has 1 aliphatic carbocycles. The Bertz CT molecular complexity index is 309. The van der Waals surface area contributed by atoms with E-state index in [1.807, 2.05) is 0 Å². The molecule has 0 radical (unpaired) electrons. The highest BCUT2D eigenvalue weighted by Gasteiger charge is 2.26. The summed E-state index contributed by atoms with van der Waals surface area (Å²) >= 11 is 0. The smallest absolute Gasteiger partial charge is 0.234 e. The molecule has 20 heavy (non-hydrogen) atoms. The van der Waals surface area contributed by atoms with Crippen molar-refractivity contribution in [1.82, 2.24) is 10.2 Å². The molecule has 2 fully saturated rings. The van der Waals surface area contributed by atoms with Gasteiger partial charge in [-0.25, -0.2) is 0 Å². The van der Waals surface area contributed by atoms with E-state index in [4.69, 9.17) is 0 Å². The monoisotopic (exact) mass is 282 g/mol. The number of amides is 1. The lowest BCUT2D eigenvalue weighted by Gasteiger charge is -2.32. The summed E-state index contributed by atoms with van der Waals surface area (Å²) < 4.78 is 0. The number of rotatable bonds is 4. The molecule has 2 aliphatic rings. The second-order valence-corrected chi connectivity index (χ2v) is 6.59. The van der Waals surface area contributed by atoms with Crippen LogP contribution in [-0.4, -0.2) is 47.7 Å². The van der Waals surface area contributed by atoms with Gasteiger partial charge in [0.05, 0.1) is 13.2 Å². The van der Waals surface area contributed by atoms with Gasteiger partial charge in [-0.2, -0.15) is 0 Å². The summed E-state index contributed by atoms with van der Waals surface area (Å²) in [7, 11) is 0. The fourth-order valence-corrected chi connectivity index (χ4v) is 3.62. The van der Waals surface area contributed by atoms with Crippen molar-refractivity contribution < 1.29 is 9.90 Å². The molecular formula is C16H30N2O2. The Kier molecular flexibility index (Phi) is 6.30. The Morgan fingerprint density at radius 1 is 1.15 bits per heavy atom. The van der Waals surface area contributed by atoms with Gasteiger partial charge < -0.3 is 10.4 Å². The van der Waals surface area contributed by atoms with E-state index in [0.717, 1.165) is 25.8 Å². The van der Waals surface area contributed by atoms with E-state index < -0.39 is 0 Å². The van der Waals surface area contributed by atoms with Crippen molar-refractivity contribution in [3.05, 3.63) is 0 Å². The van der Waals surface area contributed by atoms with E-state index in [1.54, 1.807) is 0 Å². The van der Waals surface area contributed by atoms with E-state index in [1.165, 1.54) is 32.1 Å².